The van der Waals surface area contributed by atoms with E-state index in [0.717, 1.165) is 38.5 Å². The van der Waals surface area contributed by atoms with Crippen molar-refractivity contribution in [1.82, 2.24) is 0 Å². The fraction of sp³-hybridized carbons (Fsp3) is 0.800. The molecule has 0 spiro atoms. The third-order valence-electron chi connectivity index (χ3n) is 5.05. The summed E-state index contributed by atoms with van der Waals surface area (Å²) in [5, 5.41) is 0. The van der Waals surface area contributed by atoms with Gasteiger partial charge in [-0.3, -0.25) is 9.59 Å². The average Bonchev–Trinajstić information content (AvgIpc) is 2.77. The maximum Gasteiger partial charge on any atom is 0.359 e. The van der Waals surface area contributed by atoms with Crippen LogP contribution in [0.1, 0.15) is 104 Å². The van der Waals surface area contributed by atoms with E-state index in [2.05, 4.69) is 19.1 Å². The Balaban J connectivity index is 3.82. The lowest BCUT2D eigenvalue weighted by molar-refractivity contribution is -0.165. The number of unbranched alkanes of at least 4 members (excludes halogenated alkanes) is 11. The van der Waals surface area contributed by atoms with E-state index in [9.17, 15) is 14.4 Å². The topological polar surface area (TPSA) is 78.9 Å². The number of ether oxygens (including phenoxy) is 3. The van der Waals surface area contributed by atoms with E-state index in [-0.39, 0.29) is 19.6 Å². The summed E-state index contributed by atoms with van der Waals surface area (Å²) in [6, 6.07) is 0. The molecule has 0 fully saturated rings. The van der Waals surface area contributed by atoms with Gasteiger partial charge in [-0.15, -0.1) is 0 Å². The molecule has 0 aromatic carbocycles. The van der Waals surface area contributed by atoms with E-state index >= 15 is 0 Å². The van der Waals surface area contributed by atoms with Crippen LogP contribution in [0.2, 0.25) is 0 Å². The Hall–Kier alpha value is -0.980. The predicted molar refractivity (Wildman–Crippen MR) is 137 cm³/mol. The highest BCUT2D eigenvalue weighted by Gasteiger charge is 2.35. The minimum Gasteiger partial charge on any atom is -0.462 e. The van der Waals surface area contributed by atoms with Gasteiger partial charge in [0.1, 0.15) is 13.2 Å². The van der Waals surface area contributed by atoms with Crippen LogP contribution in [-0.2, 0) is 28.6 Å². The van der Waals surface area contributed by atoms with Crippen molar-refractivity contribution in [3.8, 4) is 0 Å². The highest BCUT2D eigenvalue weighted by molar-refractivity contribution is 6.75. The first-order valence-electron chi connectivity index (χ1n) is 12.4. The van der Waals surface area contributed by atoms with Crippen molar-refractivity contribution < 1.29 is 28.6 Å². The van der Waals surface area contributed by atoms with Crippen LogP contribution in [-0.4, -0.2) is 41.0 Å². The number of alkyl halides is 3. The summed E-state index contributed by atoms with van der Waals surface area (Å²) in [6.07, 6.45) is 19.1. The third-order valence-corrected chi connectivity index (χ3v) is 5.51. The van der Waals surface area contributed by atoms with E-state index in [1.165, 1.54) is 51.9 Å². The zero-order valence-corrected chi connectivity index (χ0v) is 22.9. The van der Waals surface area contributed by atoms with Gasteiger partial charge in [-0.2, -0.15) is 0 Å². The third kappa shape index (κ3) is 21.5. The second-order valence-electron chi connectivity index (χ2n) is 8.34. The Kier molecular flexibility index (Phi) is 20.7. The van der Waals surface area contributed by atoms with Crippen LogP contribution >= 0.6 is 34.8 Å². The van der Waals surface area contributed by atoms with Gasteiger partial charge in [0.05, 0.1) is 0 Å². The highest BCUT2D eigenvalue weighted by Crippen LogP contribution is 2.28. The summed E-state index contributed by atoms with van der Waals surface area (Å²) in [6.45, 7) is 2.85. The number of hydrogen-bond donors (Lipinski definition) is 0. The summed E-state index contributed by atoms with van der Waals surface area (Å²) >= 11 is 16.4. The van der Waals surface area contributed by atoms with Crippen LogP contribution in [0.4, 0.5) is 0 Å². The summed E-state index contributed by atoms with van der Waals surface area (Å²) in [7, 11) is 0. The summed E-state index contributed by atoms with van der Waals surface area (Å²) in [5.41, 5.74) is 0. The first-order valence-corrected chi connectivity index (χ1v) is 13.5. The number of halogens is 3. The van der Waals surface area contributed by atoms with Crippen LogP contribution in [0.3, 0.4) is 0 Å². The van der Waals surface area contributed by atoms with Gasteiger partial charge in [0, 0.05) is 13.3 Å². The Labute approximate surface area is 220 Å². The molecule has 1 atom stereocenters. The van der Waals surface area contributed by atoms with Gasteiger partial charge in [-0.1, -0.05) is 105 Å². The molecule has 6 nitrogen and oxygen atoms in total. The molecule has 0 N–H and O–H groups in total. The SMILES string of the molecule is CCCCCCCC/C=C\CCCCCCCC(=O)OC[C@@H](COC(C)=O)OC(=O)C(Cl)(Cl)Cl. The molecule has 0 amide bonds. The zero-order valence-electron chi connectivity index (χ0n) is 20.6. The summed E-state index contributed by atoms with van der Waals surface area (Å²) < 4.78 is 12.6. The molecule has 0 bridgehead atoms. The number of esters is 3. The minimum atomic E-state index is -2.28. The Morgan fingerprint density at radius 1 is 0.765 bits per heavy atom. The van der Waals surface area contributed by atoms with Crippen LogP contribution < -0.4 is 0 Å². The van der Waals surface area contributed by atoms with E-state index in [1.54, 1.807) is 0 Å². The van der Waals surface area contributed by atoms with Crippen molar-refractivity contribution in [3.63, 3.8) is 0 Å². The standard InChI is InChI=1S/C25H41Cl3O6/c1-3-4-5-6-7-8-9-10-11-12-13-14-15-16-17-18-23(30)33-20-22(19-32-21(2)29)34-24(31)25(26,27)28/h10-11,22H,3-9,12-20H2,1-2H3/b11-10-/t22-/m1/s1. The van der Waals surface area contributed by atoms with E-state index in [0.29, 0.717) is 0 Å². The lowest BCUT2D eigenvalue weighted by Gasteiger charge is -2.19. The molecular weight excluding hydrogens is 503 g/mol. The second kappa shape index (κ2) is 21.3. The van der Waals surface area contributed by atoms with Gasteiger partial charge in [0.15, 0.2) is 6.10 Å². The monoisotopic (exact) mass is 542 g/mol. The normalized spacial score (nSPS) is 12.5. The molecular formula is C25H41Cl3O6. The molecule has 0 aliphatic heterocycles. The molecule has 0 rings (SSSR count). The molecule has 0 saturated heterocycles. The fourth-order valence-electron chi connectivity index (χ4n) is 3.14. The molecule has 0 aliphatic carbocycles. The number of hydrogen-bond acceptors (Lipinski definition) is 6. The molecule has 0 aromatic rings. The second-order valence-corrected chi connectivity index (χ2v) is 10.6. The smallest absolute Gasteiger partial charge is 0.359 e. The van der Waals surface area contributed by atoms with E-state index < -0.39 is 27.8 Å². The Morgan fingerprint density at radius 3 is 1.79 bits per heavy atom. The molecule has 34 heavy (non-hydrogen) atoms. The molecule has 0 radical (unpaired) electrons. The van der Waals surface area contributed by atoms with Gasteiger partial charge < -0.3 is 14.2 Å². The summed E-state index contributed by atoms with van der Waals surface area (Å²) in [5.74, 6) is -2.13. The van der Waals surface area contributed by atoms with E-state index in [4.69, 9.17) is 49.0 Å². The van der Waals surface area contributed by atoms with Gasteiger partial charge in [0.2, 0.25) is 0 Å². The number of rotatable bonds is 20. The van der Waals surface area contributed by atoms with Crippen molar-refractivity contribution >= 4 is 52.7 Å². The van der Waals surface area contributed by atoms with Crippen molar-refractivity contribution in [2.75, 3.05) is 13.2 Å². The van der Waals surface area contributed by atoms with Crippen LogP contribution in [0, 0.1) is 0 Å². The molecule has 0 aromatic heterocycles. The molecule has 198 valence electrons. The Morgan fingerprint density at radius 2 is 1.26 bits per heavy atom. The average molecular weight is 544 g/mol. The van der Waals surface area contributed by atoms with Crippen molar-refractivity contribution in [3.05, 3.63) is 12.2 Å². The van der Waals surface area contributed by atoms with Crippen molar-refractivity contribution in [1.29, 1.82) is 0 Å². The maximum absolute atomic E-state index is 11.9. The molecule has 0 saturated carbocycles. The quantitative estimate of drug-likeness (QED) is 0.0523. The lowest BCUT2D eigenvalue weighted by atomic mass is 10.1. The Bertz CT molecular complexity index is 590. The van der Waals surface area contributed by atoms with Gasteiger partial charge in [-0.05, 0) is 32.1 Å². The minimum absolute atomic E-state index is 0.261. The van der Waals surface area contributed by atoms with Gasteiger partial charge in [-0.25, -0.2) is 4.79 Å². The first kappa shape index (κ1) is 33.0. The molecule has 0 aliphatic rings. The molecule has 0 heterocycles. The molecule has 9 heteroatoms. The zero-order chi connectivity index (χ0) is 25.7. The van der Waals surface area contributed by atoms with Crippen LogP contribution in [0.5, 0.6) is 0 Å². The number of allylic oxidation sites excluding steroid dienone is 2. The number of carbonyl (C=O) groups excluding carboxylic acids is 3. The largest absolute Gasteiger partial charge is 0.462 e. The maximum atomic E-state index is 11.9. The lowest BCUT2D eigenvalue weighted by Crippen LogP contribution is -2.34. The van der Waals surface area contributed by atoms with Gasteiger partial charge >= 0.3 is 17.9 Å². The predicted octanol–water partition coefficient (Wildman–Crippen LogP) is 7.41. The van der Waals surface area contributed by atoms with E-state index in [1.807, 2.05) is 0 Å². The number of carbonyl (C=O) groups is 3. The van der Waals surface area contributed by atoms with Crippen LogP contribution in [0.25, 0.3) is 0 Å². The van der Waals surface area contributed by atoms with Crippen LogP contribution in [0.15, 0.2) is 12.2 Å². The van der Waals surface area contributed by atoms with Crippen molar-refractivity contribution in [2.24, 2.45) is 0 Å². The van der Waals surface area contributed by atoms with Gasteiger partial charge in [0.25, 0.3) is 3.79 Å². The van der Waals surface area contributed by atoms with Crippen molar-refractivity contribution in [2.45, 2.75) is 114 Å². The first-order chi connectivity index (χ1) is 16.2. The highest BCUT2D eigenvalue weighted by atomic mass is 35.6. The fourth-order valence-corrected chi connectivity index (χ4v) is 3.28. The molecule has 0 unspecified atom stereocenters. The summed E-state index contributed by atoms with van der Waals surface area (Å²) in [4.78, 5) is 34.6.